The minimum absolute atomic E-state index is 0.141. The van der Waals surface area contributed by atoms with E-state index in [0.717, 1.165) is 35.4 Å². The number of hydrogen-bond acceptors (Lipinski definition) is 10. The number of rotatable bonds is 9. The Morgan fingerprint density at radius 2 is 0.786 bits per heavy atom. The highest BCUT2D eigenvalue weighted by molar-refractivity contribution is 5.71. The fraction of sp³-hybridized carbons (Fsp3) is 0.143. The monoisotopic (exact) mass is 574 g/mol. The molecule has 0 saturated heterocycles. The van der Waals surface area contributed by atoms with Crippen LogP contribution in [0.3, 0.4) is 0 Å². The van der Waals surface area contributed by atoms with Crippen LogP contribution in [0.5, 0.6) is 23.0 Å². The lowest BCUT2D eigenvalue weighted by molar-refractivity contribution is -0.394. The lowest BCUT2D eigenvalue weighted by Crippen LogP contribution is -1.99. The van der Waals surface area contributed by atoms with Crippen LogP contribution >= 0.6 is 0 Å². The minimum Gasteiger partial charge on any atom is -0.450 e. The second-order valence-electron chi connectivity index (χ2n) is 9.41. The Kier molecular flexibility index (Phi) is 7.81. The van der Waals surface area contributed by atoms with E-state index in [1.165, 1.54) is 12.1 Å². The van der Waals surface area contributed by atoms with Crippen LogP contribution in [0.15, 0.2) is 60.7 Å². The van der Waals surface area contributed by atoms with Crippen LogP contribution in [-0.4, -0.2) is 19.7 Å². The molecule has 0 aliphatic heterocycles. The molecule has 0 fully saturated rings. The van der Waals surface area contributed by atoms with Crippen molar-refractivity contribution in [3.8, 4) is 34.1 Å². The second-order valence-corrected chi connectivity index (χ2v) is 9.41. The normalized spacial score (nSPS) is 10.7. The standard InChI is InChI=1S/C28H22N4O10/c1-15-9-19(10-16(2)27(15)41-25-7-5-21(29(33)34)13-23(25)31(37)38)20-11-17(3)28(18(4)12-20)42-26-8-6-22(30(35)36)14-24(26)32(39)40/h5-14H,1-4H3. The minimum atomic E-state index is -0.748. The molecule has 42 heavy (non-hydrogen) atoms. The van der Waals surface area contributed by atoms with Crippen molar-refractivity contribution in [3.05, 3.63) is 123 Å². The molecule has 14 nitrogen and oxygen atoms in total. The van der Waals surface area contributed by atoms with Crippen molar-refractivity contribution in [2.45, 2.75) is 27.7 Å². The summed E-state index contributed by atoms with van der Waals surface area (Å²) in [5.74, 6) is 0.431. The number of hydrogen-bond donors (Lipinski definition) is 0. The number of aryl methyl sites for hydroxylation is 4. The molecule has 0 aromatic heterocycles. The van der Waals surface area contributed by atoms with Crippen molar-refractivity contribution in [3.63, 3.8) is 0 Å². The molecule has 0 aliphatic rings. The van der Waals surface area contributed by atoms with Gasteiger partial charge in [0.1, 0.15) is 11.5 Å². The maximum atomic E-state index is 11.5. The molecule has 0 aliphatic carbocycles. The van der Waals surface area contributed by atoms with Gasteiger partial charge in [0.2, 0.25) is 11.5 Å². The Labute approximate surface area is 237 Å². The van der Waals surface area contributed by atoms with E-state index in [9.17, 15) is 40.5 Å². The molecule has 0 unspecified atom stereocenters. The Morgan fingerprint density at radius 1 is 0.476 bits per heavy atom. The first-order valence-corrected chi connectivity index (χ1v) is 12.2. The van der Waals surface area contributed by atoms with E-state index in [1.54, 1.807) is 27.7 Å². The molecule has 0 atom stereocenters. The van der Waals surface area contributed by atoms with Crippen molar-refractivity contribution >= 4 is 22.7 Å². The topological polar surface area (TPSA) is 191 Å². The molecule has 0 N–H and O–H groups in total. The smallest absolute Gasteiger partial charge is 0.318 e. The summed E-state index contributed by atoms with van der Waals surface area (Å²) in [7, 11) is 0. The highest BCUT2D eigenvalue weighted by atomic mass is 16.6. The molecule has 214 valence electrons. The summed E-state index contributed by atoms with van der Waals surface area (Å²) in [5.41, 5.74) is 2.22. The quantitative estimate of drug-likeness (QED) is 0.141. The van der Waals surface area contributed by atoms with Crippen LogP contribution in [0.1, 0.15) is 22.3 Å². The fourth-order valence-electron chi connectivity index (χ4n) is 4.47. The van der Waals surface area contributed by atoms with E-state index in [-0.39, 0.29) is 11.5 Å². The first-order chi connectivity index (χ1) is 19.8. The lowest BCUT2D eigenvalue weighted by atomic mass is 9.96. The fourth-order valence-corrected chi connectivity index (χ4v) is 4.47. The maximum Gasteiger partial charge on any atom is 0.318 e. The van der Waals surface area contributed by atoms with Crippen LogP contribution in [0.4, 0.5) is 22.7 Å². The first kappa shape index (κ1) is 29.1. The van der Waals surface area contributed by atoms with Gasteiger partial charge in [-0.2, -0.15) is 0 Å². The van der Waals surface area contributed by atoms with Crippen LogP contribution in [0.2, 0.25) is 0 Å². The number of nitro groups is 4. The Morgan fingerprint density at radius 3 is 1.05 bits per heavy atom. The average Bonchev–Trinajstić information content (AvgIpc) is 2.92. The molecule has 14 heteroatoms. The van der Waals surface area contributed by atoms with Gasteiger partial charge < -0.3 is 9.47 Å². The number of nitro benzene ring substituents is 4. The third-order valence-corrected chi connectivity index (χ3v) is 6.38. The molecule has 0 saturated carbocycles. The van der Waals surface area contributed by atoms with Crippen molar-refractivity contribution in [1.82, 2.24) is 0 Å². The number of ether oxygens (including phenoxy) is 2. The van der Waals surface area contributed by atoms with E-state index < -0.39 is 42.4 Å². The van der Waals surface area contributed by atoms with E-state index in [4.69, 9.17) is 9.47 Å². The summed E-state index contributed by atoms with van der Waals surface area (Å²) in [6, 6.07) is 13.6. The summed E-state index contributed by atoms with van der Waals surface area (Å²) in [5, 5.41) is 45.2. The van der Waals surface area contributed by atoms with Gasteiger partial charge in [-0.15, -0.1) is 0 Å². The van der Waals surface area contributed by atoms with E-state index >= 15 is 0 Å². The van der Waals surface area contributed by atoms with Crippen LogP contribution in [0.25, 0.3) is 11.1 Å². The van der Waals surface area contributed by atoms with Gasteiger partial charge in [-0.3, -0.25) is 40.5 Å². The number of nitrogens with zero attached hydrogens (tertiary/aromatic N) is 4. The molecule has 0 bridgehead atoms. The van der Waals surface area contributed by atoms with Gasteiger partial charge in [0.25, 0.3) is 11.4 Å². The van der Waals surface area contributed by atoms with E-state index in [2.05, 4.69) is 0 Å². The van der Waals surface area contributed by atoms with Gasteiger partial charge in [-0.1, -0.05) is 0 Å². The van der Waals surface area contributed by atoms with Gasteiger partial charge in [0.05, 0.1) is 31.8 Å². The van der Waals surface area contributed by atoms with Gasteiger partial charge in [-0.05, 0) is 97.5 Å². The first-order valence-electron chi connectivity index (χ1n) is 12.2. The molecule has 4 aromatic rings. The molecule has 0 spiro atoms. The molecule has 4 rings (SSSR count). The molecule has 0 amide bonds. The van der Waals surface area contributed by atoms with Crippen LogP contribution < -0.4 is 9.47 Å². The van der Waals surface area contributed by atoms with Crippen molar-refractivity contribution in [2.75, 3.05) is 0 Å². The second kappa shape index (κ2) is 11.3. The highest BCUT2D eigenvalue weighted by Gasteiger charge is 2.24. The predicted molar refractivity (Wildman–Crippen MR) is 150 cm³/mol. The molecule has 4 aromatic carbocycles. The molecular weight excluding hydrogens is 552 g/mol. The lowest BCUT2D eigenvalue weighted by Gasteiger charge is -2.17. The highest BCUT2D eigenvalue weighted by Crippen LogP contribution is 2.41. The van der Waals surface area contributed by atoms with E-state index in [0.29, 0.717) is 33.8 Å². The largest absolute Gasteiger partial charge is 0.450 e. The van der Waals surface area contributed by atoms with Gasteiger partial charge in [-0.25, -0.2) is 0 Å². The molecule has 0 heterocycles. The zero-order valence-corrected chi connectivity index (χ0v) is 22.6. The van der Waals surface area contributed by atoms with Gasteiger partial charge >= 0.3 is 11.4 Å². The predicted octanol–water partition coefficient (Wildman–Crippen LogP) is 7.80. The summed E-state index contributed by atoms with van der Waals surface area (Å²) in [4.78, 5) is 42.2. The molecule has 0 radical (unpaired) electrons. The third kappa shape index (κ3) is 5.82. The average molecular weight is 575 g/mol. The third-order valence-electron chi connectivity index (χ3n) is 6.38. The Hall–Kier alpha value is -5.92. The molecular formula is C28H22N4O10. The van der Waals surface area contributed by atoms with Gasteiger partial charge in [0, 0.05) is 12.1 Å². The Bertz CT molecular complexity index is 1620. The summed E-state index contributed by atoms with van der Waals surface area (Å²) in [6.07, 6.45) is 0. The maximum absolute atomic E-state index is 11.5. The van der Waals surface area contributed by atoms with Crippen molar-refractivity contribution in [1.29, 1.82) is 0 Å². The Balaban J connectivity index is 1.67. The van der Waals surface area contributed by atoms with Crippen molar-refractivity contribution in [2.24, 2.45) is 0 Å². The van der Waals surface area contributed by atoms with Gasteiger partial charge in [0.15, 0.2) is 0 Å². The zero-order valence-electron chi connectivity index (χ0n) is 22.6. The summed E-state index contributed by atoms with van der Waals surface area (Å²) >= 11 is 0. The summed E-state index contributed by atoms with van der Waals surface area (Å²) in [6.45, 7) is 7.03. The number of benzene rings is 4. The zero-order chi connectivity index (χ0) is 30.9. The summed E-state index contributed by atoms with van der Waals surface area (Å²) < 4.78 is 11.7. The van der Waals surface area contributed by atoms with Crippen LogP contribution in [0, 0.1) is 68.2 Å². The SMILES string of the molecule is Cc1cc(-c2cc(C)c(Oc3ccc([N+](=O)[O-])cc3[N+](=O)[O-])c(C)c2)cc(C)c1Oc1ccc([N+](=O)[O-])cc1[N+](=O)[O-]. The van der Waals surface area contributed by atoms with Crippen LogP contribution in [-0.2, 0) is 0 Å². The number of non-ortho nitro benzene ring substituents is 2. The van der Waals surface area contributed by atoms with E-state index in [1.807, 2.05) is 24.3 Å². The van der Waals surface area contributed by atoms with Crippen molar-refractivity contribution < 1.29 is 29.2 Å².